The monoisotopic (exact) mass is 310 g/mol. The first kappa shape index (κ1) is 15.7. The van der Waals surface area contributed by atoms with Crippen molar-refractivity contribution >= 4 is 5.97 Å². The van der Waals surface area contributed by atoms with Crippen molar-refractivity contribution in [3.63, 3.8) is 0 Å². The Hall–Kier alpha value is -2.17. The molecule has 0 radical (unpaired) electrons. The van der Waals surface area contributed by atoms with E-state index in [4.69, 9.17) is 0 Å². The molecule has 3 rings (SSSR count). The fraction of sp³-hybridized carbons (Fsp3) is 0.316. The summed E-state index contributed by atoms with van der Waals surface area (Å²) in [6.07, 6.45) is 1.46. The molecule has 0 saturated carbocycles. The van der Waals surface area contributed by atoms with E-state index in [2.05, 4.69) is 47.0 Å². The molecule has 4 heteroatoms. The van der Waals surface area contributed by atoms with Gasteiger partial charge in [-0.05, 0) is 41.6 Å². The van der Waals surface area contributed by atoms with Crippen LogP contribution >= 0.6 is 0 Å². The van der Waals surface area contributed by atoms with E-state index in [1.165, 1.54) is 11.1 Å². The Labute approximate surface area is 136 Å². The van der Waals surface area contributed by atoms with E-state index < -0.39 is 12.0 Å². The van der Waals surface area contributed by atoms with Crippen LogP contribution in [0.2, 0.25) is 0 Å². The number of fused-ring (bicyclic) bond motifs is 5. The summed E-state index contributed by atoms with van der Waals surface area (Å²) in [5.41, 5.74) is 4.67. The molecule has 0 fully saturated rings. The Balaban J connectivity index is 1.94. The van der Waals surface area contributed by atoms with Crippen molar-refractivity contribution in [3.05, 3.63) is 59.7 Å². The molecule has 3 N–H and O–H groups in total. The highest BCUT2D eigenvalue weighted by Gasteiger charge is 2.17. The van der Waals surface area contributed by atoms with Gasteiger partial charge in [-0.2, -0.15) is 0 Å². The van der Waals surface area contributed by atoms with Crippen molar-refractivity contribution in [2.24, 2.45) is 0 Å². The zero-order chi connectivity index (χ0) is 16.1. The Morgan fingerprint density at radius 1 is 0.957 bits per heavy atom. The van der Waals surface area contributed by atoms with Crippen LogP contribution in [0.4, 0.5) is 0 Å². The quantitative estimate of drug-likeness (QED) is 0.755. The minimum atomic E-state index is -0.801. The lowest BCUT2D eigenvalue weighted by Crippen LogP contribution is -2.42. The summed E-state index contributed by atoms with van der Waals surface area (Å²) in [6, 6.07) is 16.2. The predicted molar refractivity (Wildman–Crippen MR) is 91.6 cm³/mol. The van der Waals surface area contributed by atoms with Crippen LogP contribution in [-0.2, 0) is 17.6 Å². The minimum Gasteiger partial charge on any atom is -0.480 e. The Bertz CT molecular complexity index is 685. The molecule has 1 heterocycles. The topological polar surface area (TPSA) is 61.4 Å². The second kappa shape index (κ2) is 7.40. The van der Waals surface area contributed by atoms with E-state index in [1.54, 1.807) is 0 Å². The van der Waals surface area contributed by atoms with E-state index in [9.17, 15) is 9.90 Å². The van der Waals surface area contributed by atoms with Crippen LogP contribution in [0.15, 0.2) is 48.5 Å². The van der Waals surface area contributed by atoms with Gasteiger partial charge in [-0.1, -0.05) is 48.5 Å². The van der Waals surface area contributed by atoms with Gasteiger partial charge in [0.05, 0.1) is 0 Å². The summed E-state index contributed by atoms with van der Waals surface area (Å²) >= 11 is 0. The lowest BCUT2D eigenvalue weighted by molar-refractivity contribution is -0.139. The first-order valence-electron chi connectivity index (χ1n) is 8.07. The van der Waals surface area contributed by atoms with Crippen LogP contribution in [0.3, 0.4) is 0 Å². The van der Waals surface area contributed by atoms with Crippen LogP contribution < -0.4 is 10.6 Å². The number of aliphatic carboxylic acids is 1. The normalized spacial score (nSPS) is 18.9. The SMILES string of the molecule is O=C(O)C1Cc2cccc(c2)-c2cccc(c2)CCNCCN1. The molecule has 1 unspecified atom stereocenters. The largest absolute Gasteiger partial charge is 0.480 e. The van der Waals surface area contributed by atoms with Crippen molar-refractivity contribution < 1.29 is 9.90 Å². The number of hydrogen-bond donors (Lipinski definition) is 3. The summed E-state index contributed by atoms with van der Waals surface area (Å²) in [5.74, 6) is -0.801. The third-order valence-electron chi connectivity index (χ3n) is 4.21. The summed E-state index contributed by atoms with van der Waals surface area (Å²) in [6.45, 7) is 2.31. The van der Waals surface area contributed by atoms with Gasteiger partial charge in [-0.3, -0.25) is 4.79 Å². The summed E-state index contributed by atoms with van der Waals surface area (Å²) in [7, 11) is 0. The molecule has 120 valence electrons. The lowest BCUT2D eigenvalue weighted by Gasteiger charge is -2.16. The molecule has 1 aliphatic heterocycles. The molecular weight excluding hydrogens is 288 g/mol. The average Bonchev–Trinajstić information content (AvgIpc) is 2.56. The number of hydrogen-bond acceptors (Lipinski definition) is 3. The van der Waals surface area contributed by atoms with Crippen molar-refractivity contribution in [3.8, 4) is 11.1 Å². The van der Waals surface area contributed by atoms with Gasteiger partial charge >= 0.3 is 5.97 Å². The molecule has 4 nitrogen and oxygen atoms in total. The molecule has 2 aromatic rings. The molecule has 2 aromatic carbocycles. The lowest BCUT2D eigenvalue weighted by atomic mass is 9.97. The van der Waals surface area contributed by atoms with Crippen LogP contribution in [0.1, 0.15) is 11.1 Å². The molecule has 23 heavy (non-hydrogen) atoms. The first-order valence-corrected chi connectivity index (χ1v) is 8.07. The molecule has 0 aliphatic carbocycles. The van der Waals surface area contributed by atoms with E-state index in [-0.39, 0.29) is 0 Å². The van der Waals surface area contributed by atoms with Gasteiger partial charge in [-0.15, -0.1) is 0 Å². The van der Waals surface area contributed by atoms with Crippen LogP contribution in [0.25, 0.3) is 11.1 Å². The molecule has 1 aliphatic rings. The van der Waals surface area contributed by atoms with Gasteiger partial charge in [0.15, 0.2) is 0 Å². The van der Waals surface area contributed by atoms with Gasteiger partial charge in [0.2, 0.25) is 0 Å². The number of carboxylic acids is 1. The molecule has 0 saturated heterocycles. The van der Waals surface area contributed by atoms with Crippen LogP contribution in [0.5, 0.6) is 0 Å². The molecule has 4 bridgehead atoms. The molecule has 1 atom stereocenters. The Morgan fingerprint density at radius 2 is 1.65 bits per heavy atom. The van der Waals surface area contributed by atoms with Crippen molar-refractivity contribution in [1.82, 2.24) is 10.6 Å². The number of nitrogens with one attached hydrogen (secondary N) is 2. The third-order valence-corrected chi connectivity index (χ3v) is 4.21. The molecular formula is C19H22N2O2. The molecule has 0 aromatic heterocycles. The minimum absolute atomic E-state index is 0.489. The Kier molecular flexibility index (Phi) is 5.05. The highest BCUT2D eigenvalue weighted by Crippen LogP contribution is 2.22. The van der Waals surface area contributed by atoms with Gasteiger partial charge in [0, 0.05) is 13.1 Å². The summed E-state index contributed by atoms with van der Waals surface area (Å²) in [5, 5.41) is 15.9. The first-order chi connectivity index (χ1) is 11.2. The maximum absolute atomic E-state index is 11.4. The smallest absolute Gasteiger partial charge is 0.321 e. The van der Waals surface area contributed by atoms with Gasteiger partial charge < -0.3 is 15.7 Å². The van der Waals surface area contributed by atoms with Gasteiger partial charge in [0.25, 0.3) is 0 Å². The second-order valence-electron chi connectivity index (χ2n) is 5.95. The van der Waals surface area contributed by atoms with Crippen molar-refractivity contribution in [2.75, 3.05) is 19.6 Å². The average molecular weight is 310 g/mol. The van der Waals surface area contributed by atoms with Crippen molar-refractivity contribution in [1.29, 1.82) is 0 Å². The van der Waals surface area contributed by atoms with E-state index in [0.717, 1.165) is 30.6 Å². The number of benzene rings is 2. The highest BCUT2D eigenvalue weighted by molar-refractivity contribution is 5.74. The third kappa shape index (κ3) is 4.18. The number of carbonyl (C=O) groups is 1. The van der Waals surface area contributed by atoms with E-state index in [0.29, 0.717) is 13.0 Å². The standard InChI is InChI=1S/C19H22N2O2/c22-19(23)18-13-15-4-2-6-17(12-15)16-5-1-3-14(11-16)7-8-20-9-10-21-18/h1-6,11-12,18,20-21H,7-10,13H2,(H,22,23). The number of rotatable bonds is 1. The fourth-order valence-corrected chi connectivity index (χ4v) is 2.96. The molecule has 0 spiro atoms. The van der Waals surface area contributed by atoms with Gasteiger partial charge in [0.1, 0.15) is 6.04 Å². The number of carboxylic acid groups (broad SMARTS) is 1. The van der Waals surface area contributed by atoms with Crippen LogP contribution in [0, 0.1) is 0 Å². The van der Waals surface area contributed by atoms with Crippen LogP contribution in [-0.4, -0.2) is 36.8 Å². The van der Waals surface area contributed by atoms with E-state index in [1.807, 2.05) is 12.1 Å². The fourth-order valence-electron chi connectivity index (χ4n) is 2.96. The molecule has 0 amide bonds. The highest BCUT2D eigenvalue weighted by atomic mass is 16.4. The maximum atomic E-state index is 11.4. The predicted octanol–water partition coefficient (Wildman–Crippen LogP) is 2.08. The van der Waals surface area contributed by atoms with Crippen molar-refractivity contribution in [2.45, 2.75) is 18.9 Å². The van der Waals surface area contributed by atoms with E-state index >= 15 is 0 Å². The second-order valence-corrected chi connectivity index (χ2v) is 5.95. The van der Waals surface area contributed by atoms with Gasteiger partial charge in [-0.25, -0.2) is 0 Å². The maximum Gasteiger partial charge on any atom is 0.321 e. The summed E-state index contributed by atoms with van der Waals surface area (Å²) < 4.78 is 0. The summed E-state index contributed by atoms with van der Waals surface area (Å²) in [4.78, 5) is 11.4. The zero-order valence-corrected chi connectivity index (χ0v) is 13.1. The Morgan fingerprint density at radius 3 is 2.39 bits per heavy atom. The zero-order valence-electron chi connectivity index (χ0n) is 13.1.